The van der Waals surface area contributed by atoms with Crippen molar-refractivity contribution in [3.05, 3.63) is 11.9 Å². The van der Waals surface area contributed by atoms with Crippen molar-refractivity contribution in [1.29, 1.82) is 0 Å². The number of nitrogens with zero attached hydrogens (tertiary/aromatic N) is 2. The normalized spacial score (nSPS) is 19.8. The predicted octanol–water partition coefficient (Wildman–Crippen LogP) is 2.10. The van der Waals surface area contributed by atoms with E-state index in [2.05, 4.69) is 15.3 Å². The first kappa shape index (κ1) is 11.5. The van der Waals surface area contributed by atoms with Crippen LogP contribution in [0.2, 0.25) is 0 Å². The summed E-state index contributed by atoms with van der Waals surface area (Å²) in [7, 11) is 1.63. The summed E-state index contributed by atoms with van der Waals surface area (Å²) in [6.45, 7) is 2.95. The van der Waals surface area contributed by atoms with Gasteiger partial charge in [-0.15, -0.1) is 0 Å². The number of anilines is 1. The average molecular weight is 239 g/mol. The van der Waals surface area contributed by atoms with Crippen molar-refractivity contribution in [3.8, 4) is 5.88 Å². The number of thioether (sulfide) groups is 1. The highest BCUT2D eigenvalue weighted by Gasteiger charge is 2.16. The third kappa shape index (κ3) is 2.58. The number of nitrogens with one attached hydrogen (secondary N) is 1. The highest BCUT2D eigenvalue weighted by atomic mass is 32.2. The van der Waals surface area contributed by atoms with Crippen LogP contribution < -0.4 is 10.1 Å². The lowest BCUT2D eigenvalue weighted by atomic mass is 10.2. The van der Waals surface area contributed by atoms with Gasteiger partial charge in [0.05, 0.1) is 12.7 Å². The van der Waals surface area contributed by atoms with E-state index in [-0.39, 0.29) is 0 Å². The van der Waals surface area contributed by atoms with Crippen molar-refractivity contribution in [3.63, 3.8) is 0 Å². The molecule has 0 radical (unpaired) electrons. The van der Waals surface area contributed by atoms with Crippen LogP contribution in [0.15, 0.2) is 6.33 Å². The number of hydrogen-bond donors (Lipinski definition) is 1. The number of rotatable bonds is 4. The van der Waals surface area contributed by atoms with Crippen LogP contribution in [-0.4, -0.2) is 34.6 Å². The zero-order chi connectivity index (χ0) is 11.4. The SMILES string of the molecule is COc1ncnc(NCC2CCCS2)c1C. The zero-order valence-electron chi connectivity index (χ0n) is 9.69. The summed E-state index contributed by atoms with van der Waals surface area (Å²) < 4.78 is 5.16. The fraction of sp³-hybridized carbons (Fsp3) is 0.636. The lowest BCUT2D eigenvalue weighted by Gasteiger charge is -2.13. The fourth-order valence-corrected chi connectivity index (χ4v) is 3.04. The molecule has 1 fully saturated rings. The molecule has 1 N–H and O–H groups in total. The molecule has 5 heteroatoms. The number of aromatic nitrogens is 2. The molecule has 0 aliphatic carbocycles. The second-order valence-corrected chi connectivity index (χ2v) is 5.28. The topological polar surface area (TPSA) is 47.0 Å². The highest BCUT2D eigenvalue weighted by Crippen LogP contribution is 2.27. The van der Waals surface area contributed by atoms with Gasteiger partial charge in [0.25, 0.3) is 0 Å². The Morgan fingerprint density at radius 3 is 3.12 bits per heavy atom. The van der Waals surface area contributed by atoms with Gasteiger partial charge in [0.2, 0.25) is 5.88 Å². The van der Waals surface area contributed by atoms with Gasteiger partial charge in [-0.3, -0.25) is 0 Å². The molecule has 88 valence electrons. The van der Waals surface area contributed by atoms with E-state index in [1.54, 1.807) is 7.11 Å². The predicted molar refractivity (Wildman–Crippen MR) is 67.3 cm³/mol. The molecule has 1 aromatic heterocycles. The van der Waals surface area contributed by atoms with Gasteiger partial charge >= 0.3 is 0 Å². The van der Waals surface area contributed by atoms with Crippen LogP contribution in [0.25, 0.3) is 0 Å². The Morgan fingerprint density at radius 2 is 2.44 bits per heavy atom. The van der Waals surface area contributed by atoms with Crippen molar-refractivity contribution in [2.75, 3.05) is 24.7 Å². The van der Waals surface area contributed by atoms with Crippen LogP contribution in [0.4, 0.5) is 5.82 Å². The van der Waals surface area contributed by atoms with Crippen LogP contribution >= 0.6 is 11.8 Å². The largest absolute Gasteiger partial charge is 0.481 e. The quantitative estimate of drug-likeness (QED) is 0.872. The first-order valence-corrected chi connectivity index (χ1v) is 6.57. The maximum Gasteiger partial charge on any atom is 0.221 e. The Hall–Kier alpha value is -0.970. The summed E-state index contributed by atoms with van der Waals surface area (Å²) in [6.07, 6.45) is 4.18. The van der Waals surface area contributed by atoms with Crippen molar-refractivity contribution in [2.45, 2.75) is 25.0 Å². The van der Waals surface area contributed by atoms with Crippen molar-refractivity contribution in [2.24, 2.45) is 0 Å². The smallest absolute Gasteiger partial charge is 0.221 e. The summed E-state index contributed by atoms with van der Waals surface area (Å²) >= 11 is 2.04. The van der Waals surface area contributed by atoms with E-state index in [0.29, 0.717) is 5.88 Å². The van der Waals surface area contributed by atoms with Crippen LogP contribution in [-0.2, 0) is 0 Å². The minimum absolute atomic E-state index is 0.650. The van der Waals surface area contributed by atoms with Crippen LogP contribution in [0.5, 0.6) is 5.88 Å². The summed E-state index contributed by atoms with van der Waals surface area (Å²) in [5, 5.41) is 4.10. The molecule has 2 rings (SSSR count). The number of hydrogen-bond acceptors (Lipinski definition) is 5. The molecule has 0 amide bonds. The first-order valence-electron chi connectivity index (χ1n) is 5.52. The number of ether oxygens (including phenoxy) is 1. The van der Waals surface area contributed by atoms with E-state index in [0.717, 1.165) is 23.2 Å². The molecule has 1 aliphatic rings. The molecule has 1 aliphatic heterocycles. The van der Waals surface area contributed by atoms with E-state index in [9.17, 15) is 0 Å². The van der Waals surface area contributed by atoms with Crippen LogP contribution in [0.1, 0.15) is 18.4 Å². The van der Waals surface area contributed by atoms with Crippen molar-refractivity contribution in [1.82, 2.24) is 9.97 Å². The maximum absolute atomic E-state index is 5.16. The van der Waals surface area contributed by atoms with Gasteiger partial charge in [-0.2, -0.15) is 11.8 Å². The molecule has 0 spiro atoms. The Labute approximate surface area is 100 Å². The Morgan fingerprint density at radius 1 is 1.56 bits per heavy atom. The summed E-state index contributed by atoms with van der Waals surface area (Å²) in [5.41, 5.74) is 0.980. The second-order valence-electron chi connectivity index (χ2n) is 3.87. The van der Waals surface area contributed by atoms with Crippen molar-refractivity contribution < 1.29 is 4.74 Å². The molecule has 0 aromatic carbocycles. The van der Waals surface area contributed by atoms with Gasteiger partial charge in [-0.1, -0.05) is 0 Å². The molecule has 0 bridgehead atoms. The minimum Gasteiger partial charge on any atom is -0.481 e. The van der Waals surface area contributed by atoms with Gasteiger partial charge < -0.3 is 10.1 Å². The third-order valence-electron chi connectivity index (χ3n) is 2.75. The molecule has 1 saturated heterocycles. The standard InChI is InChI=1S/C11H17N3OS/c1-8-10(13-7-14-11(8)15-2)12-6-9-4-3-5-16-9/h7,9H,3-6H2,1-2H3,(H,12,13,14). The average Bonchev–Trinajstić information content (AvgIpc) is 2.81. The lowest BCUT2D eigenvalue weighted by Crippen LogP contribution is -2.15. The zero-order valence-corrected chi connectivity index (χ0v) is 10.5. The van der Waals surface area contributed by atoms with E-state index in [1.165, 1.54) is 24.9 Å². The monoisotopic (exact) mass is 239 g/mol. The fourth-order valence-electron chi connectivity index (χ4n) is 1.83. The van der Waals surface area contributed by atoms with Crippen molar-refractivity contribution >= 4 is 17.6 Å². The van der Waals surface area contributed by atoms with Gasteiger partial charge in [-0.05, 0) is 25.5 Å². The van der Waals surface area contributed by atoms with Crippen LogP contribution in [0.3, 0.4) is 0 Å². The van der Waals surface area contributed by atoms with Gasteiger partial charge in [0.1, 0.15) is 12.1 Å². The summed E-state index contributed by atoms with van der Waals surface area (Å²) in [6, 6.07) is 0. The molecule has 1 atom stereocenters. The van der Waals surface area contributed by atoms with Gasteiger partial charge in [-0.25, -0.2) is 9.97 Å². The summed E-state index contributed by atoms with van der Waals surface area (Å²) in [5.74, 6) is 2.83. The molecule has 2 heterocycles. The van der Waals surface area contributed by atoms with Gasteiger partial charge in [0, 0.05) is 11.8 Å². The van der Waals surface area contributed by atoms with Crippen LogP contribution in [0, 0.1) is 6.92 Å². The van der Waals surface area contributed by atoms with E-state index in [4.69, 9.17) is 4.74 Å². The van der Waals surface area contributed by atoms with E-state index in [1.807, 2.05) is 18.7 Å². The second kappa shape index (κ2) is 5.39. The molecule has 0 saturated carbocycles. The first-order chi connectivity index (χ1) is 7.81. The molecule has 16 heavy (non-hydrogen) atoms. The summed E-state index contributed by atoms with van der Waals surface area (Å²) in [4.78, 5) is 8.30. The number of methoxy groups -OCH3 is 1. The molecule has 1 aromatic rings. The molecule has 1 unspecified atom stereocenters. The minimum atomic E-state index is 0.650. The molecular formula is C11H17N3OS. The molecular weight excluding hydrogens is 222 g/mol. The highest BCUT2D eigenvalue weighted by molar-refractivity contribution is 8.00. The Bertz CT molecular complexity index is 353. The third-order valence-corrected chi connectivity index (χ3v) is 4.15. The van der Waals surface area contributed by atoms with E-state index >= 15 is 0 Å². The Kier molecular flexibility index (Phi) is 3.88. The Balaban J connectivity index is 1.97. The maximum atomic E-state index is 5.16. The molecule has 4 nitrogen and oxygen atoms in total. The van der Waals surface area contributed by atoms with Gasteiger partial charge in [0.15, 0.2) is 0 Å². The lowest BCUT2D eigenvalue weighted by molar-refractivity contribution is 0.393. The van der Waals surface area contributed by atoms with E-state index < -0.39 is 0 Å².